The van der Waals surface area contributed by atoms with Crippen LogP contribution in [0.3, 0.4) is 0 Å². The fourth-order valence-electron chi connectivity index (χ4n) is 1.90. The molecule has 110 valence electrons. The summed E-state index contributed by atoms with van der Waals surface area (Å²) in [5, 5.41) is 18.3. The molecular formula is C10H12BF2NO5S. The molecule has 1 fully saturated rings. The first-order valence-corrected chi connectivity index (χ1v) is 7.21. The molecule has 2 N–H and O–H groups in total. The lowest BCUT2D eigenvalue weighted by Gasteiger charge is -2.27. The molecule has 10 heteroatoms. The highest BCUT2D eigenvalue weighted by Crippen LogP contribution is 2.18. The Morgan fingerprint density at radius 3 is 2.25 bits per heavy atom. The van der Waals surface area contributed by atoms with Crippen molar-refractivity contribution in [3.63, 3.8) is 0 Å². The Hall–Kier alpha value is -1.07. The number of rotatable bonds is 3. The topological polar surface area (TPSA) is 87.1 Å². The molecule has 1 aromatic rings. The highest BCUT2D eigenvalue weighted by molar-refractivity contribution is 7.89. The Morgan fingerprint density at radius 2 is 1.70 bits per heavy atom. The molecule has 0 spiro atoms. The molecule has 0 amide bonds. The van der Waals surface area contributed by atoms with E-state index >= 15 is 0 Å². The van der Waals surface area contributed by atoms with E-state index in [4.69, 9.17) is 14.8 Å². The van der Waals surface area contributed by atoms with Crippen molar-refractivity contribution >= 4 is 22.6 Å². The fourth-order valence-corrected chi connectivity index (χ4v) is 3.52. The van der Waals surface area contributed by atoms with Crippen LogP contribution < -0.4 is 5.46 Å². The van der Waals surface area contributed by atoms with E-state index in [0.717, 1.165) is 4.31 Å². The molecule has 1 heterocycles. The third kappa shape index (κ3) is 2.84. The monoisotopic (exact) mass is 307 g/mol. The zero-order valence-electron chi connectivity index (χ0n) is 10.3. The van der Waals surface area contributed by atoms with Gasteiger partial charge in [-0.05, 0) is 12.1 Å². The summed E-state index contributed by atoms with van der Waals surface area (Å²) >= 11 is 0. The van der Waals surface area contributed by atoms with Gasteiger partial charge in [-0.25, -0.2) is 17.2 Å². The minimum Gasteiger partial charge on any atom is -0.423 e. The van der Waals surface area contributed by atoms with Crippen molar-refractivity contribution in [2.45, 2.75) is 4.90 Å². The molecule has 6 nitrogen and oxygen atoms in total. The van der Waals surface area contributed by atoms with E-state index in [-0.39, 0.29) is 26.3 Å². The van der Waals surface area contributed by atoms with E-state index < -0.39 is 39.1 Å². The van der Waals surface area contributed by atoms with Crippen LogP contribution in [0.2, 0.25) is 0 Å². The van der Waals surface area contributed by atoms with Gasteiger partial charge in [-0.1, -0.05) is 0 Å². The molecule has 0 saturated carbocycles. The van der Waals surface area contributed by atoms with E-state index in [1.165, 1.54) is 0 Å². The number of ether oxygens (including phenoxy) is 1. The Balaban J connectivity index is 2.52. The molecule has 1 saturated heterocycles. The summed E-state index contributed by atoms with van der Waals surface area (Å²) in [5.74, 6) is -2.73. The molecule has 0 atom stereocenters. The maximum atomic E-state index is 13.3. The van der Waals surface area contributed by atoms with Gasteiger partial charge < -0.3 is 14.8 Å². The highest BCUT2D eigenvalue weighted by atomic mass is 32.2. The molecule has 0 aliphatic carbocycles. The minimum absolute atomic E-state index is 0.0578. The van der Waals surface area contributed by atoms with Crippen molar-refractivity contribution in [3.05, 3.63) is 23.8 Å². The normalized spacial score (nSPS) is 17.2. The minimum atomic E-state index is -4.15. The quantitative estimate of drug-likeness (QED) is 0.675. The van der Waals surface area contributed by atoms with Crippen molar-refractivity contribution in [3.8, 4) is 0 Å². The summed E-state index contributed by atoms with van der Waals surface area (Å²) in [5.41, 5.74) is -0.601. The number of hydrogen-bond donors (Lipinski definition) is 2. The van der Waals surface area contributed by atoms with Gasteiger partial charge in [0.15, 0.2) is 11.6 Å². The summed E-state index contributed by atoms with van der Waals surface area (Å²) < 4.78 is 57.1. The number of nitrogens with zero attached hydrogens (tertiary/aromatic N) is 1. The van der Waals surface area contributed by atoms with Crippen LogP contribution in [0.15, 0.2) is 17.0 Å². The maximum Gasteiger partial charge on any atom is 0.489 e. The lowest BCUT2D eigenvalue weighted by atomic mass is 9.80. The van der Waals surface area contributed by atoms with Gasteiger partial charge in [-0.3, -0.25) is 0 Å². The zero-order valence-corrected chi connectivity index (χ0v) is 11.1. The molecule has 0 bridgehead atoms. The lowest BCUT2D eigenvalue weighted by molar-refractivity contribution is 0.0730. The van der Waals surface area contributed by atoms with Crippen LogP contribution >= 0.6 is 0 Å². The van der Waals surface area contributed by atoms with Gasteiger partial charge >= 0.3 is 7.12 Å². The number of hydrogen-bond acceptors (Lipinski definition) is 5. The lowest BCUT2D eigenvalue weighted by Crippen LogP contribution is -2.44. The Bertz CT molecular complexity index is 604. The van der Waals surface area contributed by atoms with Crippen molar-refractivity contribution in [1.29, 1.82) is 0 Å². The molecule has 0 aromatic heterocycles. The van der Waals surface area contributed by atoms with E-state index in [9.17, 15) is 17.2 Å². The number of benzene rings is 1. The van der Waals surface area contributed by atoms with Crippen molar-refractivity contribution in [2.75, 3.05) is 26.3 Å². The second-order valence-electron chi connectivity index (χ2n) is 4.19. The molecule has 2 rings (SSSR count). The van der Waals surface area contributed by atoms with Crippen LogP contribution in [0.25, 0.3) is 0 Å². The Kier molecular flexibility index (Phi) is 4.40. The summed E-state index contributed by atoms with van der Waals surface area (Å²) in [6.07, 6.45) is 0. The third-order valence-corrected chi connectivity index (χ3v) is 4.87. The third-order valence-electron chi connectivity index (χ3n) is 2.92. The molecule has 0 unspecified atom stereocenters. The van der Waals surface area contributed by atoms with E-state index in [1.807, 2.05) is 0 Å². The average Bonchev–Trinajstić information content (AvgIpc) is 2.42. The number of morpholine rings is 1. The number of halogens is 2. The standard InChI is InChI=1S/C10H12BF2NO5S/c12-8-5-7(11(15)16)10(6-9(8)13)20(17,18)14-1-3-19-4-2-14/h5-6,15-16H,1-4H2. The predicted molar refractivity (Wildman–Crippen MR) is 65.8 cm³/mol. The first-order chi connectivity index (χ1) is 9.34. The average molecular weight is 307 g/mol. The molecule has 1 aliphatic heterocycles. The van der Waals surface area contributed by atoms with Crippen LogP contribution in [0.1, 0.15) is 0 Å². The van der Waals surface area contributed by atoms with Gasteiger partial charge in [0.1, 0.15) is 0 Å². The Morgan fingerprint density at radius 1 is 1.15 bits per heavy atom. The van der Waals surface area contributed by atoms with Crippen LogP contribution in [-0.4, -0.2) is 56.2 Å². The maximum absolute atomic E-state index is 13.3. The van der Waals surface area contributed by atoms with E-state index in [1.54, 1.807) is 0 Å². The van der Waals surface area contributed by atoms with Crippen LogP contribution in [0.4, 0.5) is 8.78 Å². The summed E-state index contributed by atoms with van der Waals surface area (Å²) in [6.45, 7) is 0.477. The first kappa shape index (κ1) is 15.3. The van der Waals surface area contributed by atoms with E-state index in [0.29, 0.717) is 12.1 Å². The van der Waals surface area contributed by atoms with Gasteiger partial charge in [-0.15, -0.1) is 0 Å². The molecule has 1 aliphatic rings. The molecular weight excluding hydrogens is 295 g/mol. The summed E-state index contributed by atoms with van der Waals surface area (Å²) in [6, 6.07) is 0.919. The Labute approximate surface area is 114 Å². The van der Waals surface area contributed by atoms with Crippen LogP contribution in [0, 0.1) is 11.6 Å². The molecule has 1 aromatic carbocycles. The van der Waals surface area contributed by atoms with Crippen molar-refractivity contribution in [1.82, 2.24) is 4.31 Å². The molecule has 0 radical (unpaired) electrons. The number of sulfonamides is 1. The first-order valence-electron chi connectivity index (χ1n) is 5.77. The van der Waals surface area contributed by atoms with Crippen molar-refractivity contribution < 1.29 is 32.0 Å². The van der Waals surface area contributed by atoms with Gasteiger partial charge in [0.05, 0.1) is 18.1 Å². The van der Waals surface area contributed by atoms with Gasteiger partial charge in [0.25, 0.3) is 0 Å². The summed E-state index contributed by atoms with van der Waals surface area (Å²) in [7, 11) is -6.38. The zero-order chi connectivity index (χ0) is 14.9. The van der Waals surface area contributed by atoms with E-state index in [2.05, 4.69) is 0 Å². The summed E-state index contributed by atoms with van der Waals surface area (Å²) in [4.78, 5) is -0.659. The largest absolute Gasteiger partial charge is 0.489 e. The van der Waals surface area contributed by atoms with Crippen molar-refractivity contribution in [2.24, 2.45) is 0 Å². The second kappa shape index (κ2) is 5.74. The van der Waals surface area contributed by atoms with Crippen LogP contribution in [-0.2, 0) is 14.8 Å². The van der Waals surface area contributed by atoms with Gasteiger partial charge in [0.2, 0.25) is 10.0 Å². The van der Waals surface area contributed by atoms with Gasteiger partial charge in [-0.2, -0.15) is 4.31 Å². The predicted octanol–water partition coefficient (Wildman–Crippen LogP) is -1.33. The second-order valence-corrected chi connectivity index (χ2v) is 6.10. The SMILES string of the molecule is O=S(=O)(c1cc(F)c(F)cc1B(O)O)N1CCOCC1. The van der Waals surface area contributed by atoms with Crippen LogP contribution in [0.5, 0.6) is 0 Å². The highest BCUT2D eigenvalue weighted by Gasteiger charge is 2.32. The van der Waals surface area contributed by atoms with Gasteiger partial charge in [0, 0.05) is 18.6 Å². The fraction of sp³-hybridized carbons (Fsp3) is 0.400. The smallest absolute Gasteiger partial charge is 0.423 e. The molecule has 20 heavy (non-hydrogen) atoms.